The zero-order valence-corrected chi connectivity index (χ0v) is 12.1. The molecule has 114 valence electrons. The number of carbonyl (C=O) groups excluding carboxylic acids is 1. The Morgan fingerprint density at radius 1 is 1.48 bits per heavy atom. The van der Waals surface area contributed by atoms with Crippen LogP contribution in [0.15, 0.2) is 18.3 Å². The number of amides is 2. The van der Waals surface area contributed by atoms with E-state index in [1.165, 1.54) is 7.11 Å². The van der Waals surface area contributed by atoms with Crippen LogP contribution >= 0.6 is 0 Å². The molecule has 1 saturated heterocycles. The fourth-order valence-electron chi connectivity index (χ4n) is 2.38. The Balaban J connectivity index is 1.86. The first kappa shape index (κ1) is 15.1. The normalized spacial score (nSPS) is 21.1. The van der Waals surface area contributed by atoms with Gasteiger partial charge < -0.3 is 20.1 Å². The zero-order chi connectivity index (χ0) is 15.4. The summed E-state index contributed by atoms with van der Waals surface area (Å²) >= 11 is 0. The maximum Gasteiger partial charge on any atom is 0.317 e. The lowest BCUT2D eigenvalue weighted by atomic mass is 9.99. The minimum Gasteiger partial charge on any atom is -0.481 e. The predicted molar refractivity (Wildman–Crippen MR) is 74.9 cm³/mol. The van der Waals surface area contributed by atoms with E-state index < -0.39 is 11.9 Å². The lowest BCUT2D eigenvalue weighted by Crippen LogP contribution is -2.38. The molecule has 0 aromatic carbocycles. The molecule has 2 unspecified atom stereocenters. The van der Waals surface area contributed by atoms with Gasteiger partial charge in [-0.25, -0.2) is 9.78 Å². The minimum absolute atomic E-state index is 0.0316. The Hall–Kier alpha value is -2.31. The second-order valence-corrected chi connectivity index (χ2v) is 5.19. The number of hydrogen-bond donors (Lipinski definition) is 2. The van der Waals surface area contributed by atoms with Crippen molar-refractivity contribution in [1.82, 2.24) is 15.2 Å². The fourth-order valence-corrected chi connectivity index (χ4v) is 2.38. The van der Waals surface area contributed by atoms with Gasteiger partial charge in [0.1, 0.15) is 0 Å². The van der Waals surface area contributed by atoms with E-state index in [-0.39, 0.29) is 18.5 Å². The van der Waals surface area contributed by atoms with Crippen LogP contribution in [0.5, 0.6) is 5.88 Å². The van der Waals surface area contributed by atoms with Gasteiger partial charge in [-0.15, -0.1) is 0 Å². The Kier molecular flexibility index (Phi) is 4.62. The molecule has 1 aliphatic heterocycles. The molecule has 0 saturated carbocycles. The number of urea groups is 1. The Morgan fingerprint density at radius 3 is 2.76 bits per heavy atom. The third-order valence-corrected chi connectivity index (χ3v) is 3.67. The fraction of sp³-hybridized carbons (Fsp3) is 0.500. The summed E-state index contributed by atoms with van der Waals surface area (Å²) in [5.41, 5.74) is 0.853. The largest absolute Gasteiger partial charge is 0.481 e. The number of carboxylic acid groups (broad SMARTS) is 1. The van der Waals surface area contributed by atoms with Crippen LogP contribution in [0.3, 0.4) is 0 Å². The number of carbonyl (C=O) groups is 2. The number of rotatable bonds is 4. The molecule has 1 fully saturated rings. The SMILES string of the molecule is COc1ccc(CNC(=O)N2CC(C)C(C(=O)O)C2)cn1. The first-order valence-corrected chi connectivity index (χ1v) is 6.75. The van der Waals surface area contributed by atoms with E-state index in [9.17, 15) is 9.59 Å². The van der Waals surface area contributed by atoms with Gasteiger partial charge in [0.15, 0.2) is 0 Å². The molecule has 0 spiro atoms. The van der Waals surface area contributed by atoms with Crippen LogP contribution < -0.4 is 10.1 Å². The summed E-state index contributed by atoms with van der Waals surface area (Å²) < 4.78 is 4.96. The Bertz CT molecular complexity index is 517. The van der Waals surface area contributed by atoms with Crippen LogP contribution in [-0.2, 0) is 11.3 Å². The van der Waals surface area contributed by atoms with Crippen LogP contribution in [0.2, 0.25) is 0 Å². The molecule has 0 bridgehead atoms. The molecule has 1 aromatic rings. The van der Waals surface area contributed by atoms with Crippen molar-refractivity contribution in [3.63, 3.8) is 0 Å². The first-order valence-electron chi connectivity index (χ1n) is 6.75. The van der Waals surface area contributed by atoms with E-state index in [0.29, 0.717) is 19.0 Å². The van der Waals surface area contributed by atoms with Crippen molar-refractivity contribution in [1.29, 1.82) is 0 Å². The molecular formula is C14H19N3O4. The van der Waals surface area contributed by atoms with Gasteiger partial charge in [-0.3, -0.25) is 4.79 Å². The van der Waals surface area contributed by atoms with E-state index in [0.717, 1.165) is 5.56 Å². The van der Waals surface area contributed by atoms with Crippen LogP contribution in [0, 0.1) is 11.8 Å². The van der Waals surface area contributed by atoms with E-state index in [1.54, 1.807) is 17.2 Å². The highest BCUT2D eigenvalue weighted by molar-refractivity contribution is 5.77. The third kappa shape index (κ3) is 3.62. The lowest BCUT2D eigenvalue weighted by Gasteiger charge is -2.16. The van der Waals surface area contributed by atoms with Gasteiger partial charge in [0, 0.05) is 31.9 Å². The molecule has 21 heavy (non-hydrogen) atoms. The first-order chi connectivity index (χ1) is 10.0. The minimum atomic E-state index is -0.850. The maximum absolute atomic E-state index is 12.0. The van der Waals surface area contributed by atoms with E-state index in [4.69, 9.17) is 9.84 Å². The lowest BCUT2D eigenvalue weighted by molar-refractivity contribution is -0.142. The number of likely N-dealkylation sites (tertiary alicyclic amines) is 1. The van der Waals surface area contributed by atoms with Crippen LogP contribution in [0.1, 0.15) is 12.5 Å². The molecule has 2 atom stereocenters. The molecule has 7 heteroatoms. The third-order valence-electron chi connectivity index (χ3n) is 3.67. The molecular weight excluding hydrogens is 274 g/mol. The topological polar surface area (TPSA) is 91.8 Å². The number of carboxylic acids is 1. The number of nitrogens with zero attached hydrogens (tertiary/aromatic N) is 2. The van der Waals surface area contributed by atoms with Crippen molar-refractivity contribution in [3.05, 3.63) is 23.9 Å². The number of hydrogen-bond acceptors (Lipinski definition) is 4. The summed E-state index contributed by atoms with van der Waals surface area (Å²) in [5, 5.41) is 11.8. The van der Waals surface area contributed by atoms with Crippen molar-refractivity contribution in [3.8, 4) is 5.88 Å². The van der Waals surface area contributed by atoms with Gasteiger partial charge in [-0.05, 0) is 11.5 Å². The molecule has 7 nitrogen and oxygen atoms in total. The molecule has 1 aliphatic rings. The maximum atomic E-state index is 12.0. The second kappa shape index (κ2) is 6.43. The van der Waals surface area contributed by atoms with Gasteiger partial charge >= 0.3 is 12.0 Å². The molecule has 2 rings (SSSR count). The number of pyridine rings is 1. The van der Waals surface area contributed by atoms with Gasteiger partial charge in [0.25, 0.3) is 0 Å². The Morgan fingerprint density at radius 2 is 2.24 bits per heavy atom. The van der Waals surface area contributed by atoms with Gasteiger partial charge in [-0.1, -0.05) is 13.0 Å². The van der Waals surface area contributed by atoms with E-state index >= 15 is 0 Å². The summed E-state index contributed by atoms with van der Waals surface area (Å²) in [6.45, 7) is 2.91. The molecule has 2 heterocycles. The molecule has 0 aliphatic carbocycles. The van der Waals surface area contributed by atoms with E-state index in [1.807, 2.05) is 13.0 Å². The number of aliphatic carboxylic acids is 1. The molecule has 2 N–H and O–H groups in total. The Labute approximate surface area is 122 Å². The average Bonchev–Trinajstić information content (AvgIpc) is 2.87. The quantitative estimate of drug-likeness (QED) is 0.862. The predicted octanol–water partition coefficient (Wildman–Crippen LogP) is 0.952. The number of ether oxygens (including phenoxy) is 1. The molecule has 2 amide bonds. The summed E-state index contributed by atoms with van der Waals surface area (Å²) in [6, 6.07) is 3.29. The van der Waals surface area contributed by atoms with Crippen LogP contribution in [-0.4, -0.2) is 47.2 Å². The highest BCUT2D eigenvalue weighted by atomic mass is 16.5. The summed E-state index contributed by atoms with van der Waals surface area (Å²) in [5.74, 6) is -0.853. The second-order valence-electron chi connectivity index (χ2n) is 5.19. The van der Waals surface area contributed by atoms with Crippen LogP contribution in [0.25, 0.3) is 0 Å². The van der Waals surface area contributed by atoms with Crippen molar-refractivity contribution < 1.29 is 19.4 Å². The molecule has 0 radical (unpaired) electrons. The monoisotopic (exact) mass is 293 g/mol. The number of nitrogens with one attached hydrogen (secondary N) is 1. The molecule has 1 aromatic heterocycles. The van der Waals surface area contributed by atoms with Gasteiger partial charge in [-0.2, -0.15) is 0 Å². The summed E-state index contributed by atoms with van der Waals surface area (Å²) in [7, 11) is 1.54. The highest BCUT2D eigenvalue weighted by Crippen LogP contribution is 2.23. The zero-order valence-electron chi connectivity index (χ0n) is 12.1. The van der Waals surface area contributed by atoms with Crippen molar-refractivity contribution >= 4 is 12.0 Å². The highest BCUT2D eigenvalue weighted by Gasteiger charge is 2.36. The van der Waals surface area contributed by atoms with Crippen molar-refractivity contribution in [2.45, 2.75) is 13.5 Å². The van der Waals surface area contributed by atoms with Crippen molar-refractivity contribution in [2.24, 2.45) is 11.8 Å². The number of methoxy groups -OCH3 is 1. The van der Waals surface area contributed by atoms with Gasteiger partial charge in [0.05, 0.1) is 13.0 Å². The smallest absolute Gasteiger partial charge is 0.317 e. The number of aromatic nitrogens is 1. The summed E-state index contributed by atoms with van der Waals surface area (Å²) in [6.07, 6.45) is 1.63. The van der Waals surface area contributed by atoms with Crippen LogP contribution in [0.4, 0.5) is 4.79 Å². The standard InChI is InChI=1S/C14H19N3O4/c1-9-7-17(8-11(9)13(18)19)14(20)16-6-10-3-4-12(21-2)15-5-10/h3-5,9,11H,6-8H2,1-2H3,(H,16,20)(H,18,19). The van der Waals surface area contributed by atoms with Crippen molar-refractivity contribution in [2.75, 3.05) is 20.2 Å². The van der Waals surface area contributed by atoms with Gasteiger partial charge in [0.2, 0.25) is 5.88 Å². The average molecular weight is 293 g/mol. The van der Waals surface area contributed by atoms with E-state index in [2.05, 4.69) is 10.3 Å². The summed E-state index contributed by atoms with van der Waals surface area (Å²) in [4.78, 5) is 28.7.